The summed E-state index contributed by atoms with van der Waals surface area (Å²) in [5.74, 6) is 2.37. The van der Waals surface area contributed by atoms with Crippen LogP contribution in [-0.2, 0) is 6.54 Å². The molecule has 3 rings (SSSR count). The molecule has 0 radical (unpaired) electrons. The molecule has 0 aliphatic carbocycles. The maximum absolute atomic E-state index is 9.16. The van der Waals surface area contributed by atoms with Crippen LogP contribution in [0.3, 0.4) is 0 Å². The Labute approximate surface area is 123 Å². The van der Waals surface area contributed by atoms with Crippen LogP contribution in [0.2, 0.25) is 0 Å². The molecule has 21 heavy (non-hydrogen) atoms. The minimum Gasteiger partial charge on any atom is -0.497 e. The van der Waals surface area contributed by atoms with Crippen LogP contribution in [0.15, 0.2) is 28.8 Å². The number of nitrogens with zero attached hydrogens (tertiary/aromatic N) is 3. The summed E-state index contributed by atoms with van der Waals surface area (Å²) in [6.07, 6.45) is 1.03. The number of benzene rings is 1. The molecule has 2 aromatic rings. The van der Waals surface area contributed by atoms with Gasteiger partial charge in [0.2, 0.25) is 0 Å². The lowest BCUT2D eigenvalue weighted by molar-refractivity contribution is 0.218. The number of likely N-dealkylation sites (tertiary alicyclic amines) is 1. The van der Waals surface area contributed by atoms with Gasteiger partial charge >= 0.3 is 0 Å². The second kappa shape index (κ2) is 6.24. The fourth-order valence-electron chi connectivity index (χ4n) is 2.57. The molecule has 0 bridgehead atoms. The van der Waals surface area contributed by atoms with E-state index in [4.69, 9.17) is 14.4 Å². The number of aromatic nitrogens is 2. The normalized spacial score (nSPS) is 19.0. The molecule has 1 atom stereocenters. The summed E-state index contributed by atoms with van der Waals surface area (Å²) in [4.78, 5) is 6.67. The first-order valence-corrected chi connectivity index (χ1v) is 7.08. The molecule has 112 valence electrons. The van der Waals surface area contributed by atoms with Crippen molar-refractivity contribution in [1.82, 2.24) is 15.0 Å². The molecular weight excluding hydrogens is 270 g/mol. The van der Waals surface area contributed by atoms with Gasteiger partial charge in [0, 0.05) is 18.7 Å². The van der Waals surface area contributed by atoms with E-state index in [1.54, 1.807) is 7.11 Å². The molecule has 1 aromatic heterocycles. The van der Waals surface area contributed by atoms with Gasteiger partial charge in [0.25, 0.3) is 5.89 Å². The van der Waals surface area contributed by atoms with E-state index in [0.717, 1.165) is 30.8 Å². The standard InChI is InChI=1S/C15H19N3O3/c1-20-13-4-2-12(3-5-13)15-16-14(17-21-15)9-18-7-6-11(8-18)10-19/h2-5,11,19H,6-10H2,1H3. The smallest absolute Gasteiger partial charge is 0.257 e. The molecule has 1 aromatic carbocycles. The molecule has 6 nitrogen and oxygen atoms in total. The van der Waals surface area contributed by atoms with E-state index >= 15 is 0 Å². The second-order valence-electron chi connectivity index (χ2n) is 5.32. The fraction of sp³-hybridized carbons (Fsp3) is 0.467. The van der Waals surface area contributed by atoms with Gasteiger partial charge in [-0.1, -0.05) is 5.16 Å². The Kier molecular flexibility index (Phi) is 4.17. The van der Waals surface area contributed by atoms with E-state index < -0.39 is 0 Å². The van der Waals surface area contributed by atoms with Crippen LogP contribution < -0.4 is 4.74 Å². The topological polar surface area (TPSA) is 71.6 Å². The Morgan fingerprint density at radius 3 is 2.86 bits per heavy atom. The van der Waals surface area contributed by atoms with E-state index in [2.05, 4.69) is 15.0 Å². The molecule has 6 heteroatoms. The number of methoxy groups -OCH3 is 1. The number of hydrogen-bond acceptors (Lipinski definition) is 6. The summed E-state index contributed by atoms with van der Waals surface area (Å²) in [5.41, 5.74) is 0.879. The first kappa shape index (κ1) is 14.0. The van der Waals surface area contributed by atoms with Gasteiger partial charge in [-0.25, -0.2) is 0 Å². The van der Waals surface area contributed by atoms with Crippen molar-refractivity contribution in [2.45, 2.75) is 13.0 Å². The number of hydrogen-bond donors (Lipinski definition) is 1. The van der Waals surface area contributed by atoms with Crippen LogP contribution in [0.5, 0.6) is 5.75 Å². The second-order valence-corrected chi connectivity index (χ2v) is 5.32. The summed E-state index contributed by atoms with van der Waals surface area (Å²) >= 11 is 0. The lowest BCUT2D eigenvalue weighted by atomic mass is 10.1. The third kappa shape index (κ3) is 3.22. The molecule has 2 heterocycles. The van der Waals surface area contributed by atoms with Gasteiger partial charge in [-0.2, -0.15) is 4.98 Å². The Bertz CT molecular complexity index is 582. The Morgan fingerprint density at radius 1 is 1.38 bits per heavy atom. The molecular formula is C15H19N3O3. The van der Waals surface area contributed by atoms with Crippen molar-refractivity contribution < 1.29 is 14.4 Å². The zero-order chi connectivity index (χ0) is 14.7. The van der Waals surface area contributed by atoms with Crippen LogP contribution in [-0.4, -0.2) is 47.0 Å². The molecule has 1 N–H and O–H groups in total. The summed E-state index contributed by atoms with van der Waals surface area (Å²) < 4.78 is 10.4. The van der Waals surface area contributed by atoms with Crippen molar-refractivity contribution in [2.24, 2.45) is 5.92 Å². The summed E-state index contributed by atoms with van der Waals surface area (Å²) in [7, 11) is 1.63. The molecule has 0 saturated carbocycles. The maximum atomic E-state index is 9.16. The van der Waals surface area contributed by atoms with E-state index in [1.807, 2.05) is 24.3 Å². The van der Waals surface area contributed by atoms with Crippen molar-refractivity contribution in [2.75, 3.05) is 26.8 Å². The predicted molar refractivity (Wildman–Crippen MR) is 76.8 cm³/mol. The van der Waals surface area contributed by atoms with Crippen molar-refractivity contribution in [3.63, 3.8) is 0 Å². The summed E-state index contributed by atoms with van der Waals surface area (Å²) in [6, 6.07) is 7.53. The average molecular weight is 289 g/mol. The fourth-order valence-corrected chi connectivity index (χ4v) is 2.57. The highest BCUT2D eigenvalue weighted by Gasteiger charge is 2.23. The zero-order valence-corrected chi connectivity index (χ0v) is 12.0. The number of aliphatic hydroxyl groups excluding tert-OH is 1. The van der Waals surface area contributed by atoms with Gasteiger partial charge in [-0.3, -0.25) is 4.90 Å². The van der Waals surface area contributed by atoms with Crippen LogP contribution >= 0.6 is 0 Å². The van der Waals surface area contributed by atoms with Crippen LogP contribution in [0.1, 0.15) is 12.2 Å². The summed E-state index contributed by atoms with van der Waals surface area (Å²) in [6.45, 7) is 2.77. The van der Waals surface area contributed by atoms with Gasteiger partial charge in [0.1, 0.15) is 5.75 Å². The van der Waals surface area contributed by atoms with Crippen molar-refractivity contribution in [1.29, 1.82) is 0 Å². The first-order chi connectivity index (χ1) is 10.3. The van der Waals surface area contributed by atoms with Gasteiger partial charge in [0.05, 0.1) is 13.7 Å². The van der Waals surface area contributed by atoms with Crippen molar-refractivity contribution in [3.8, 4) is 17.2 Å². The lowest BCUT2D eigenvalue weighted by Gasteiger charge is -2.12. The van der Waals surface area contributed by atoms with Gasteiger partial charge in [0.15, 0.2) is 5.82 Å². The molecule has 1 fully saturated rings. The highest BCUT2D eigenvalue weighted by atomic mass is 16.5. The molecule has 1 aliphatic heterocycles. The number of ether oxygens (including phenoxy) is 1. The third-order valence-corrected chi connectivity index (χ3v) is 3.80. The van der Waals surface area contributed by atoms with Gasteiger partial charge in [-0.15, -0.1) is 0 Å². The first-order valence-electron chi connectivity index (χ1n) is 7.08. The largest absolute Gasteiger partial charge is 0.497 e. The van der Waals surface area contributed by atoms with Crippen molar-refractivity contribution in [3.05, 3.63) is 30.1 Å². The van der Waals surface area contributed by atoms with Crippen LogP contribution in [0, 0.1) is 5.92 Å². The Balaban J connectivity index is 1.65. The molecule has 1 aliphatic rings. The maximum Gasteiger partial charge on any atom is 0.257 e. The number of rotatable bonds is 5. The van der Waals surface area contributed by atoms with E-state index in [-0.39, 0.29) is 6.61 Å². The predicted octanol–water partition coefficient (Wildman–Crippen LogP) is 1.56. The van der Waals surface area contributed by atoms with E-state index in [1.165, 1.54) is 0 Å². The lowest BCUT2D eigenvalue weighted by Crippen LogP contribution is -2.21. The van der Waals surface area contributed by atoms with Crippen LogP contribution in [0.25, 0.3) is 11.5 Å². The minimum atomic E-state index is 0.250. The van der Waals surface area contributed by atoms with E-state index in [9.17, 15) is 0 Å². The third-order valence-electron chi connectivity index (χ3n) is 3.80. The number of aliphatic hydroxyl groups is 1. The average Bonchev–Trinajstić information content (AvgIpc) is 3.17. The monoisotopic (exact) mass is 289 g/mol. The van der Waals surface area contributed by atoms with Crippen molar-refractivity contribution >= 4 is 0 Å². The zero-order valence-electron chi connectivity index (χ0n) is 12.0. The van der Waals surface area contributed by atoms with Crippen LogP contribution in [0.4, 0.5) is 0 Å². The van der Waals surface area contributed by atoms with Gasteiger partial charge in [-0.05, 0) is 43.1 Å². The highest BCUT2D eigenvalue weighted by Crippen LogP contribution is 2.22. The Hall–Kier alpha value is -1.92. The Morgan fingerprint density at radius 2 is 2.19 bits per heavy atom. The molecule has 0 spiro atoms. The summed E-state index contributed by atoms with van der Waals surface area (Å²) in [5, 5.41) is 13.2. The van der Waals surface area contributed by atoms with E-state index in [0.29, 0.717) is 24.2 Å². The quantitative estimate of drug-likeness (QED) is 0.900. The molecule has 1 unspecified atom stereocenters. The minimum absolute atomic E-state index is 0.250. The van der Waals surface area contributed by atoms with Gasteiger partial charge < -0.3 is 14.4 Å². The molecule has 0 amide bonds. The highest BCUT2D eigenvalue weighted by molar-refractivity contribution is 5.54. The SMILES string of the molecule is COc1ccc(-c2nc(CN3CCC(CO)C3)no2)cc1. The molecule has 1 saturated heterocycles.